The Morgan fingerprint density at radius 2 is 1.92 bits per heavy atom. The Kier molecular flexibility index (Phi) is 4.94. The van der Waals surface area contributed by atoms with Gasteiger partial charge in [0.05, 0.1) is 11.1 Å². The molecule has 0 radical (unpaired) electrons. The number of esters is 1. The lowest BCUT2D eigenvalue weighted by Crippen LogP contribution is -2.23. The molecule has 0 aliphatic rings. The number of fused-ring (bicyclic) bond motifs is 1. The van der Waals surface area contributed by atoms with Crippen LogP contribution in [0.15, 0.2) is 47.3 Å². The fourth-order valence-electron chi connectivity index (χ4n) is 2.25. The van der Waals surface area contributed by atoms with Crippen molar-refractivity contribution in [3.05, 3.63) is 69.4 Å². The summed E-state index contributed by atoms with van der Waals surface area (Å²) in [5.41, 5.74) is -0.723. The minimum Gasteiger partial charge on any atom is -0.451 e. The summed E-state index contributed by atoms with van der Waals surface area (Å²) in [6, 6.07) is 10.00. The second-order valence-corrected chi connectivity index (χ2v) is 5.63. The van der Waals surface area contributed by atoms with Crippen LogP contribution >= 0.6 is 11.6 Å². The summed E-state index contributed by atoms with van der Waals surface area (Å²) in [6.45, 7) is -0.667. The Bertz CT molecular complexity index is 1070. The number of H-pyrrole nitrogens is 1. The molecule has 2 N–H and O–H groups in total. The smallest absolute Gasteiger partial charge is 0.359 e. The first-order chi connectivity index (χ1) is 12.5. The van der Waals surface area contributed by atoms with E-state index >= 15 is 0 Å². The number of amides is 1. The van der Waals surface area contributed by atoms with Gasteiger partial charge in [0.1, 0.15) is 5.82 Å². The summed E-state index contributed by atoms with van der Waals surface area (Å²) < 4.78 is 18.5. The van der Waals surface area contributed by atoms with Crippen molar-refractivity contribution in [2.75, 3.05) is 11.9 Å². The highest BCUT2D eigenvalue weighted by molar-refractivity contribution is 6.30. The van der Waals surface area contributed by atoms with Crippen molar-refractivity contribution >= 4 is 39.9 Å². The van der Waals surface area contributed by atoms with Crippen LogP contribution in [0.5, 0.6) is 0 Å². The van der Waals surface area contributed by atoms with Crippen LogP contribution in [-0.4, -0.2) is 28.7 Å². The Morgan fingerprint density at radius 3 is 2.69 bits per heavy atom. The number of rotatable bonds is 4. The molecule has 7 nitrogen and oxygen atoms in total. The minimum atomic E-state index is -0.904. The van der Waals surface area contributed by atoms with E-state index in [-0.39, 0.29) is 21.8 Å². The Balaban J connectivity index is 1.71. The first-order valence-electron chi connectivity index (χ1n) is 7.35. The number of benzene rings is 2. The van der Waals surface area contributed by atoms with E-state index in [1.165, 1.54) is 24.3 Å². The van der Waals surface area contributed by atoms with Gasteiger partial charge in [0, 0.05) is 10.4 Å². The molecular weight excluding hydrogens is 365 g/mol. The highest BCUT2D eigenvalue weighted by atomic mass is 35.5. The molecule has 132 valence electrons. The van der Waals surface area contributed by atoms with Crippen LogP contribution in [0.1, 0.15) is 10.5 Å². The maximum atomic E-state index is 13.6. The van der Waals surface area contributed by atoms with E-state index in [9.17, 15) is 18.8 Å². The van der Waals surface area contributed by atoms with E-state index in [4.69, 9.17) is 16.3 Å². The third-order valence-corrected chi connectivity index (χ3v) is 3.66. The fourth-order valence-corrected chi connectivity index (χ4v) is 2.42. The largest absolute Gasteiger partial charge is 0.451 e. The highest BCUT2D eigenvalue weighted by Crippen LogP contribution is 2.19. The molecule has 0 spiro atoms. The second kappa shape index (κ2) is 7.32. The number of aromatic nitrogens is 2. The van der Waals surface area contributed by atoms with Gasteiger partial charge in [-0.3, -0.25) is 9.59 Å². The van der Waals surface area contributed by atoms with E-state index in [0.29, 0.717) is 5.39 Å². The van der Waals surface area contributed by atoms with Crippen molar-refractivity contribution in [3.63, 3.8) is 0 Å². The third kappa shape index (κ3) is 3.70. The minimum absolute atomic E-state index is 0.133. The summed E-state index contributed by atoms with van der Waals surface area (Å²) in [4.78, 5) is 35.7. The summed E-state index contributed by atoms with van der Waals surface area (Å²) in [7, 11) is 0. The van der Waals surface area contributed by atoms with Gasteiger partial charge in [-0.1, -0.05) is 29.8 Å². The molecular formula is C17H11ClFN3O4. The van der Waals surface area contributed by atoms with E-state index in [1.54, 1.807) is 12.1 Å². The van der Waals surface area contributed by atoms with Crippen LogP contribution in [0.2, 0.25) is 5.02 Å². The van der Waals surface area contributed by atoms with Crippen LogP contribution in [0, 0.1) is 5.82 Å². The van der Waals surface area contributed by atoms with Gasteiger partial charge in [0.25, 0.3) is 11.5 Å². The Morgan fingerprint density at radius 1 is 1.19 bits per heavy atom. The molecule has 1 heterocycles. The van der Waals surface area contributed by atoms with E-state index in [0.717, 1.165) is 6.07 Å². The molecule has 0 bridgehead atoms. The second-order valence-electron chi connectivity index (χ2n) is 5.20. The zero-order chi connectivity index (χ0) is 18.7. The topological polar surface area (TPSA) is 101 Å². The van der Waals surface area contributed by atoms with Crippen molar-refractivity contribution < 1.29 is 18.7 Å². The first kappa shape index (κ1) is 17.6. The van der Waals surface area contributed by atoms with Gasteiger partial charge < -0.3 is 10.1 Å². The molecule has 0 aliphatic carbocycles. The maximum Gasteiger partial charge on any atom is 0.359 e. The quantitative estimate of drug-likeness (QED) is 0.682. The number of nitrogens with one attached hydrogen (secondary N) is 2. The third-order valence-electron chi connectivity index (χ3n) is 3.43. The molecule has 0 aliphatic heterocycles. The van der Waals surface area contributed by atoms with Crippen LogP contribution in [0.4, 0.5) is 10.1 Å². The number of hydrogen-bond acceptors (Lipinski definition) is 5. The van der Waals surface area contributed by atoms with E-state index < -0.39 is 29.9 Å². The summed E-state index contributed by atoms with van der Waals surface area (Å²) in [5.74, 6) is -2.34. The predicted octanol–water partition coefficient (Wildman–Crippen LogP) is 2.51. The zero-order valence-corrected chi connectivity index (χ0v) is 13.8. The molecule has 2 aromatic carbocycles. The molecule has 1 aromatic heterocycles. The highest BCUT2D eigenvalue weighted by Gasteiger charge is 2.17. The first-order valence-corrected chi connectivity index (χ1v) is 7.73. The molecule has 0 saturated carbocycles. The fraction of sp³-hybridized carbons (Fsp3) is 0.0588. The van der Waals surface area contributed by atoms with Crippen molar-refractivity contribution in [3.8, 4) is 0 Å². The van der Waals surface area contributed by atoms with Crippen LogP contribution < -0.4 is 10.9 Å². The maximum absolute atomic E-state index is 13.6. The lowest BCUT2D eigenvalue weighted by molar-refractivity contribution is -0.119. The predicted molar refractivity (Wildman–Crippen MR) is 92.7 cm³/mol. The van der Waals surface area contributed by atoms with Gasteiger partial charge in [0.2, 0.25) is 0 Å². The molecule has 0 saturated heterocycles. The number of aromatic amines is 1. The summed E-state index contributed by atoms with van der Waals surface area (Å²) >= 11 is 5.74. The van der Waals surface area contributed by atoms with E-state index in [1.807, 2.05) is 0 Å². The number of ether oxygens (including phenoxy) is 1. The van der Waals surface area contributed by atoms with Gasteiger partial charge in [-0.05, 0) is 24.3 Å². The Labute approximate surface area is 150 Å². The molecule has 0 fully saturated rings. The number of carbonyl (C=O) groups excluding carboxylic acids is 2. The van der Waals surface area contributed by atoms with Crippen molar-refractivity contribution in [2.24, 2.45) is 0 Å². The number of nitrogens with zero attached hydrogens (tertiary/aromatic N) is 1. The van der Waals surface area contributed by atoms with Crippen molar-refractivity contribution in [2.45, 2.75) is 0 Å². The van der Waals surface area contributed by atoms with Gasteiger partial charge in [-0.15, -0.1) is 0 Å². The van der Waals surface area contributed by atoms with E-state index in [2.05, 4.69) is 15.5 Å². The van der Waals surface area contributed by atoms with Gasteiger partial charge in [-0.25, -0.2) is 14.3 Å². The number of carbonyl (C=O) groups is 2. The Hall–Kier alpha value is -3.26. The van der Waals surface area contributed by atoms with Gasteiger partial charge in [-0.2, -0.15) is 5.10 Å². The van der Waals surface area contributed by atoms with Crippen LogP contribution in [0.25, 0.3) is 10.8 Å². The SMILES string of the molecule is O=C(COC(=O)c1n[nH]c(=O)c2ccccc12)Nc1cc(Cl)ccc1F. The number of anilines is 1. The molecule has 1 amide bonds. The molecule has 26 heavy (non-hydrogen) atoms. The zero-order valence-electron chi connectivity index (χ0n) is 13.1. The standard InChI is InChI=1S/C17H11ClFN3O4/c18-9-5-6-12(19)13(7-9)20-14(23)8-26-17(25)15-10-3-1-2-4-11(10)16(24)22-21-15/h1-7H,8H2,(H,20,23)(H,22,24). The molecule has 3 rings (SSSR count). The molecule has 0 unspecified atom stereocenters. The van der Waals surface area contributed by atoms with Gasteiger partial charge in [0.15, 0.2) is 12.3 Å². The molecule has 0 atom stereocenters. The number of halogens is 2. The van der Waals surface area contributed by atoms with Crippen molar-refractivity contribution in [1.82, 2.24) is 10.2 Å². The lowest BCUT2D eigenvalue weighted by Gasteiger charge is -2.08. The summed E-state index contributed by atoms with van der Waals surface area (Å²) in [6.07, 6.45) is 0. The summed E-state index contributed by atoms with van der Waals surface area (Å²) in [5, 5.41) is 8.91. The van der Waals surface area contributed by atoms with Gasteiger partial charge >= 0.3 is 5.97 Å². The molecule has 9 heteroatoms. The van der Waals surface area contributed by atoms with Crippen LogP contribution in [-0.2, 0) is 9.53 Å². The molecule has 3 aromatic rings. The average molecular weight is 376 g/mol. The average Bonchev–Trinajstić information content (AvgIpc) is 2.63. The number of hydrogen-bond donors (Lipinski definition) is 2. The van der Waals surface area contributed by atoms with Crippen molar-refractivity contribution in [1.29, 1.82) is 0 Å². The lowest BCUT2D eigenvalue weighted by atomic mass is 10.1. The van der Waals surface area contributed by atoms with Crippen LogP contribution in [0.3, 0.4) is 0 Å². The monoisotopic (exact) mass is 375 g/mol. The normalized spacial score (nSPS) is 10.5.